The van der Waals surface area contributed by atoms with E-state index in [1.165, 1.54) is 36.1 Å². The lowest BCUT2D eigenvalue weighted by Gasteiger charge is -2.14. The van der Waals surface area contributed by atoms with E-state index in [9.17, 15) is 0 Å². The van der Waals surface area contributed by atoms with Gasteiger partial charge < -0.3 is 5.32 Å². The number of hydrogen-bond donors (Lipinski definition) is 1. The van der Waals surface area contributed by atoms with Crippen molar-refractivity contribution in [3.05, 3.63) is 34.9 Å². The third kappa shape index (κ3) is 2.40. The lowest BCUT2D eigenvalue weighted by Crippen LogP contribution is -2.13. The summed E-state index contributed by atoms with van der Waals surface area (Å²) in [5, 5.41) is 3.58. The van der Waals surface area contributed by atoms with Crippen LogP contribution in [0.4, 0.5) is 0 Å². The van der Waals surface area contributed by atoms with E-state index in [2.05, 4.69) is 37.4 Å². The van der Waals surface area contributed by atoms with Gasteiger partial charge in [0.15, 0.2) is 0 Å². The number of hydrogen-bond acceptors (Lipinski definition) is 1. The highest BCUT2D eigenvalue weighted by molar-refractivity contribution is 5.32. The van der Waals surface area contributed by atoms with Gasteiger partial charge in [0.25, 0.3) is 0 Å². The van der Waals surface area contributed by atoms with Gasteiger partial charge in [0.1, 0.15) is 0 Å². The van der Waals surface area contributed by atoms with Crippen LogP contribution >= 0.6 is 0 Å². The van der Waals surface area contributed by atoms with Crippen molar-refractivity contribution in [2.24, 2.45) is 0 Å². The molecule has 0 saturated carbocycles. The molecular formula is C14H21N. The Balaban J connectivity index is 2.28. The van der Waals surface area contributed by atoms with Crippen molar-refractivity contribution in [3.8, 4) is 0 Å². The highest BCUT2D eigenvalue weighted by atomic mass is 14.9. The first-order valence-electron chi connectivity index (χ1n) is 6.19. The van der Waals surface area contributed by atoms with Gasteiger partial charge >= 0.3 is 0 Å². The summed E-state index contributed by atoms with van der Waals surface area (Å²) in [6.45, 7) is 5.66. The molecule has 1 nitrogen and oxygen atoms in total. The Morgan fingerprint density at radius 3 is 2.27 bits per heavy atom. The Morgan fingerprint density at radius 2 is 1.80 bits per heavy atom. The Hall–Kier alpha value is -0.820. The minimum absolute atomic E-state index is 0.613. The molecule has 1 aliphatic heterocycles. The molecule has 0 aliphatic carbocycles. The standard InChI is InChI=1S/C14H21N/c1-3-11-8-12(4-2)10-13(9-11)14-6-5-7-15-14/h8-10,14-15H,3-7H2,1-2H3/t14-/m0/s1. The van der Waals surface area contributed by atoms with Crippen LogP contribution in [0.15, 0.2) is 18.2 Å². The normalized spacial score (nSPS) is 20.8. The summed E-state index contributed by atoms with van der Waals surface area (Å²) < 4.78 is 0. The lowest BCUT2D eigenvalue weighted by molar-refractivity contribution is 0.646. The second kappa shape index (κ2) is 4.80. The first-order chi connectivity index (χ1) is 7.33. The molecule has 1 heterocycles. The molecule has 1 heteroatoms. The number of benzene rings is 1. The fourth-order valence-electron chi connectivity index (χ4n) is 2.37. The summed E-state index contributed by atoms with van der Waals surface area (Å²) in [6, 6.07) is 7.71. The van der Waals surface area contributed by atoms with Crippen molar-refractivity contribution in [3.63, 3.8) is 0 Å². The zero-order chi connectivity index (χ0) is 10.7. The molecule has 1 aromatic carbocycles. The van der Waals surface area contributed by atoms with E-state index in [0.29, 0.717) is 6.04 Å². The maximum Gasteiger partial charge on any atom is 0.0320 e. The van der Waals surface area contributed by atoms with E-state index in [1.54, 1.807) is 0 Å². The average molecular weight is 203 g/mol. The maximum atomic E-state index is 3.58. The van der Waals surface area contributed by atoms with E-state index in [-0.39, 0.29) is 0 Å². The van der Waals surface area contributed by atoms with E-state index in [1.807, 2.05) is 0 Å². The summed E-state index contributed by atoms with van der Waals surface area (Å²) in [4.78, 5) is 0. The highest BCUT2D eigenvalue weighted by Crippen LogP contribution is 2.25. The summed E-state index contributed by atoms with van der Waals surface area (Å²) in [5.41, 5.74) is 4.47. The molecule has 15 heavy (non-hydrogen) atoms. The zero-order valence-corrected chi connectivity index (χ0v) is 9.84. The summed E-state index contributed by atoms with van der Waals surface area (Å²) in [5.74, 6) is 0. The molecule has 1 atom stereocenters. The lowest BCUT2D eigenvalue weighted by atomic mass is 9.97. The van der Waals surface area contributed by atoms with Crippen molar-refractivity contribution >= 4 is 0 Å². The van der Waals surface area contributed by atoms with Crippen molar-refractivity contribution in [1.82, 2.24) is 5.32 Å². The van der Waals surface area contributed by atoms with Gasteiger partial charge in [-0.3, -0.25) is 0 Å². The van der Waals surface area contributed by atoms with Crippen LogP contribution in [0.5, 0.6) is 0 Å². The number of nitrogens with one attached hydrogen (secondary N) is 1. The van der Waals surface area contributed by atoms with E-state index in [0.717, 1.165) is 12.8 Å². The van der Waals surface area contributed by atoms with Gasteiger partial charge in [0.05, 0.1) is 0 Å². The fourth-order valence-corrected chi connectivity index (χ4v) is 2.37. The van der Waals surface area contributed by atoms with Crippen molar-refractivity contribution in [2.45, 2.75) is 45.6 Å². The van der Waals surface area contributed by atoms with Crippen LogP contribution in [-0.2, 0) is 12.8 Å². The highest BCUT2D eigenvalue weighted by Gasteiger charge is 2.16. The zero-order valence-electron chi connectivity index (χ0n) is 9.84. The maximum absolute atomic E-state index is 3.58. The minimum Gasteiger partial charge on any atom is -0.310 e. The van der Waals surface area contributed by atoms with Gasteiger partial charge in [-0.25, -0.2) is 0 Å². The molecule has 0 bridgehead atoms. The largest absolute Gasteiger partial charge is 0.310 e. The molecule has 1 N–H and O–H groups in total. The minimum atomic E-state index is 0.613. The Kier molecular flexibility index (Phi) is 3.42. The van der Waals surface area contributed by atoms with Crippen LogP contribution in [0, 0.1) is 0 Å². The summed E-state index contributed by atoms with van der Waals surface area (Å²) >= 11 is 0. The topological polar surface area (TPSA) is 12.0 Å². The van der Waals surface area contributed by atoms with E-state index >= 15 is 0 Å². The van der Waals surface area contributed by atoms with Crippen LogP contribution < -0.4 is 5.32 Å². The average Bonchev–Trinajstić information content (AvgIpc) is 2.81. The van der Waals surface area contributed by atoms with Crippen molar-refractivity contribution in [1.29, 1.82) is 0 Å². The number of aryl methyl sites for hydroxylation is 2. The van der Waals surface area contributed by atoms with Gasteiger partial charge in [-0.1, -0.05) is 32.0 Å². The van der Waals surface area contributed by atoms with Gasteiger partial charge in [-0.05, 0) is 48.9 Å². The molecule has 0 aromatic heterocycles. The van der Waals surface area contributed by atoms with Crippen molar-refractivity contribution in [2.75, 3.05) is 6.54 Å². The molecule has 1 saturated heterocycles. The van der Waals surface area contributed by atoms with Gasteiger partial charge in [0.2, 0.25) is 0 Å². The molecule has 0 spiro atoms. The Bertz CT molecular complexity index is 302. The quantitative estimate of drug-likeness (QED) is 0.795. The molecule has 82 valence electrons. The van der Waals surface area contributed by atoms with Gasteiger partial charge in [-0.2, -0.15) is 0 Å². The molecule has 2 rings (SSSR count). The smallest absolute Gasteiger partial charge is 0.0320 e. The predicted molar refractivity (Wildman–Crippen MR) is 65.2 cm³/mol. The number of rotatable bonds is 3. The first kappa shape index (κ1) is 10.7. The molecule has 0 unspecified atom stereocenters. The third-order valence-electron chi connectivity index (χ3n) is 3.35. The monoisotopic (exact) mass is 203 g/mol. The van der Waals surface area contributed by atoms with Gasteiger partial charge in [0, 0.05) is 6.04 Å². The molecule has 1 aliphatic rings. The Labute approximate surface area is 92.9 Å². The molecule has 0 radical (unpaired) electrons. The van der Waals surface area contributed by atoms with Gasteiger partial charge in [-0.15, -0.1) is 0 Å². The second-order valence-corrected chi connectivity index (χ2v) is 4.44. The van der Waals surface area contributed by atoms with Crippen LogP contribution in [-0.4, -0.2) is 6.54 Å². The molecule has 1 aromatic rings. The second-order valence-electron chi connectivity index (χ2n) is 4.44. The molecular weight excluding hydrogens is 182 g/mol. The third-order valence-corrected chi connectivity index (χ3v) is 3.35. The fraction of sp³-hybridized carbons (Fsp3) is 0.571. The van der Waals surface area contributed by atoms with Crippen LogP contribution in [0.3, 0.4) is 0 Å². The van der Waals surface area contributed by atoms with Crippen LogP contribution in [0.1, 0.15) is 49.4 Å². The first-order valence-corrected chi connectivity index (χ1v) is 6.19. The van der Waals surface area contributed by atoms with Crippen LogP contribution in [0.25, 0.3) is 0 Å². The van der Waals surface area contributed by atoms with Crippen molar-refractivity contribution < 1.29 is 0 Å². The summed E-state index contributed by atoms with van der Waals surface area (Å²) in [6.07, 6.45) is 4.92. The molecule has 0 amide bonds. The molecule has 1 fully saturated rings. The van der Waals surface area contributed by atoms with Crippen LogP contribution in [0.2, 0.25) is 0 Å². The summed E-state index contributed by atoms with van der Waals surface area (Å²) in [7, 11) is 0. The predicted octanol–water partition coefficient (Wildman–Crippen LogP) is 3.24. The SMILES string of the molecule is CCc1cc(CC)cc([C@@H]2CCCN2)c1. The Morgan fingerprint density at radius 1 is 1.13 bits per heavy atom. The van der Waals surface area contributed by atoms with E-state index < -0.39 is 0 Å². The van der Waals surface area contributed by atoms with E-state index in [4.69, 9.17) is 0 Å².